The second kappa shape index (κ2) is 11.3. The Labute approximate surface area is 141 Å². The summed E-state index contributed by atoms with van der Waals surface area (Å²) in [4.78, 5) is 20.8. The molecule has 1 amide bonds. The fraction of sp³-hybridized carbons (Fsp3) is 0.882. The number of likely N-dealkylation sites (N-methyl/N-ethyl adjacent to an activating group) is 1. The highest BCUT2D eigenvalue weighted by atomic mass is 16.2. The van der Waals surface area contributed by atoms with E-state index in [2.05, 4.69) is 34.4 Å². The molecule has 0 saturated carbocycles. The summed E-state index contributed by atoms with van der Waals surface area (Å²) in [6.45, 7) is 8.88. The Bertz CT molecular complexity index is 370. The Kier molecular flexibility index (Phi) is 9.67. The molecule has 1 saturated heterocycles. The van der Waals surface area contributed by atoms with Gasteiger partial charge in [0.05, 0.1) is 6.04 Å². The van der Waals surface area contributed by atoms with Crippen LogP contribution in [0.25, 0.3) is 0 Å². The highest BCUT2D eigenvalue weighted by Crippen LogP contribution is 2.18. The average Bonchev–Trinajstić information content (AvgIpc) is 2.99. The molecule has 2 N–H and O–H groups in total. The van der Waals surface area contributed by atoms with Gasteiger partial charge in [-0.3, -0.25) is 14.7 Å². The van der Waals surface area contributed by atoms with Crippen molar-refractivity contribution >= 4 is 11.9 Å². The van der Waals surface area contributed by atoms with Gasteiger partial charge < -0.3 is 15.5 Å². The predicted molar refractivity (Wildman–Crippen MR) is 96.8 cm³/mol. The van der Waals surface area contributed by atoms with Crippen LogP contribution in [0.2, 0.25) is 0 Å². The van der Waals surface area contributed by atoms with E-state index in [1.54, 1.807) is 4.90 Å². The van der Waals surface area contributed by atoms with E-state index < -0.39 is 0 Å². The van der Waals surface area contributed by atoms with Crippen LogP contribution >= 0.6 is 0 Å². The third-order valence-electron chi connectivity index (χ3n) is 4.13. The first-order chi connectivity index (χ1) is 11.1. The van der Waals surface area contributed by atoms with E-state index in [9.17, 15) is 4.79 Å². The number of likely N-dealkylation sites (tertiary alicyclic amines) is 1. The molecule has 0 spiro atoms. The fourth-order valence-electron chi connectivity index (χ4n) is 2.86. The van der Waals surface area contributed by atoms with Crippen molar-refractivity contribution in [3.8, 4) is 0 Å². The largest absolute Gasteiger partial charge is 0.357 e. The van der Waals surface area contributed by atoms with Gasteiger partial charge in [-0.1, -0.05) is 13.3 Å². The number of amides is 1. The van der Waals surface area contributed by atoms with E-state index in [4.69, 9.17) is 0 Å². The van der Waals surface area contributed by atoms with Crippen LogP contribution in [-0.2, 0) is 4.79 Å². The number of carbonyl (C=O) groups excluding carboxylic acids is 1. The van der Waals surface area contributed by atoms with Crippen LogP contribution in [0.1, 0.15) is 46.0 Å². The molecule has 0 aromatic carbocycles. The first-order valence-electron chi connectivity index (χ1n) is 9.07. The summed E-state index contributed by atoms with van der Waals surface area (Å²) < 4.78 is 0. The molecule has 6 heteroatoms. The van der Waals surface area contributed by atoms with Crippen molar-refractivity contribution in [2.45, 2.75) is 52.0 Å². The maximum absolute atomic E-state index is 12.2. The molecule has 0 aromatic heterocycles. The molecule has 1 rings (SSSR count). The number of aliphatic imine (C=N–C) groups is 1. The van der Waals surface area contributed by atoms with Crippen LogP contribution in [0, 0.1) is 0 Å². The first kappa shape index (κ1) is 19.7. The Balaban J connectivity index is 2.35. The summed E-state index contributed by atoms with van der Waals surface area (Å²) in [5, 5.41) is 6.63. The lowest BCUT2D eigenvalue weighted by molar-refractivity contribution is -0.133. The molecule has 1 aliphatic heterocycles. The van der Waals surface area contributed by atoms with Gasteiger partial charge in [-0.05, 0) is 39.2 Å². The van der Waals surface area contributed by atoms with Gasteiger partial charge in [0.15, 0.2) is 5.96 Å². The monoisotopic (exact) mass is 325 g/mol. The Hall–Kier alpha value is -1.30. The fourth-order valence-corrected chi connectivity index (χ4v) is 2.86. The summed E-state index contributed by atoms with van der Waals surface area (Å²) in [6, 6.07) is 0.0740. The van der Waals surface area contributed by atoms with Gasteiger partial charge >= 0.3 is 0 Å². The summed E-state index contributed by atoms with van der Waals surface area (Å²) in [7, 11) is 3.68. The van der Waals surface area contributed by atoms with E-state index in [1.165, 1.54) is 6.42 Å². The minimum absolute atomic E-state index is 0.0740. The van der Waals surface area contributed by atoms with Crippen LogP contribution in [0.5, 0.6) is 0 Å². The zero-order valence-electron chi connectivity index (χ0n) is 15.4. The molecule has 0 bridgehead atoms. The number of rotatable bonds is 9. The minimum atomic E-state index is 0.0740. The quantitative estimate of drug-likeness (QED) is 0.381. The van der Waals surface area contributed by atoms with Gasteiger partial charge in [0.1, 0.15) is 0 Å². The van der Waals surface area contributed by atoms with Crippen molar-refractivity contribution in [2.75, 3.05) is 46.8 Å². The molecular formula is C17H35N5O. The van der Waals surface area contributed by atoms with Gasteiger partial charge in [0.25, 0.3) is 0 Å². The molecular weight excluding hydrogens is 290 g/mol. The molecule has 1 atom stereocenters. The average molecular weight is 326 g/mol. The lowest BCUT2D eigenvalue weighted by atomic mass is 10.2. The normalized spacial score (nSPS) is 19.0. The van der Waals surface area contributed by atoms with E-state index in [0.717, 1.165) is 64.4 Å². The smallest absolute Gasteiger partial charge is 0.239 e. The maximum Gasteiger partial charge on any atom is 0.239 e. The lowest BCUT2D eigenvalue weighted by Crippen LogP contribution is -2.43. The lowest BCUT2D eigenvalue weighted by Gasteiger charge is -2.25. The van der Waals surface area contributed by atoms with Crippen molar-refractivity contribution in [3.63, 3.8) is 0 Å². The summed E-state index contributed by atoms with van der Waals surface area (Å²) in [5.41, 5.74) is 0. The molecule has 1 aliphatic rings. The highest BCUT2D eigenvalue weighted by Gasteiger charge is 2.30. The van der Waals surface area contributed by atoms with E-state index >= 15 is 0 Å². The van der Waals surface area contributed by atoms with Crippen LogP contribution in [-0.4, -0.2) is 74.5 Å². The van der Waals surface area contributed by atoms with Crippen molar-refractivity contribution in [1.29, 1.82) is 0 Å². The molecule has 134 valence electrons. The Morgan fingerprint density at radius 2 is 2.04 bits per heavy atom. The van der Waals surface area contributed by atoms with Gasteiger partial charge in [0, 0.05) is 40.3 Å². The van der Waals surface area contributed by atoms with E-state index in [-0.39, 0.29) is 11.9 Å². The number of nitrogens with zero attached hydrogens (tertiary/aromatic N) is 3. The second-order valence-corrected chi connectivity index (χ2v) is 6.32. The van der Waals surface area contributed by atoms with Crippen LogP contribution in [0.15, 0.2) is 4.99 Å². The van der Waals surface area contributed by atoms with Gasteiger partial charge in [-0.2, -0.15) is 0 Å². The van der Waals surface area contributed by atoms with Crippen LogP contribution in [0.4, 0.5) is 0 Å². The van der Waals surface area contributed by atoms with E-state index in [0.29, 0.717) is 0 Å². The van der Waals surface area contributed by atoms with Crippen molar-refractivity contribution < 1.29 is 4.79 Å². The molecule has 1 fully saturated rings. The second-order valence-electron chi connectivity index (χ2n) is 6.32. The minimum Gasteiger partial charge on any atom is -0.357 e. The van der Waals surface area contributed by atoms with E-state index in [1.807, 2.05) is 14.1 Å². The SMILES string of the molecule is CCCCNC(=NCCCN1CCCC1C(=O)N(C)C)NCC. The number of hydrogen-bond acceptors (Lipinski definition) is 3. The molecule has 0 aliphatic carbocycles. The summed E-state index contributed by atoms with van der Waals surface area (Å²) >= 11 is 0. The molecule has 6 nitrogen and oxygen atoms in total. The number of guanidine groups is 1. The molecule has 23 heavy (non-hydrogen) atoms. The third-order valence-corrected chi connectivity index (χ3v) is 4.13. The molecule has 1 unspecified atom stereocenters. The number of hydrogen-bond donors (Lipinski definition) is 2. The van der Waals surface area contributed by atoms with Gasteiger partial charge in [-0.25, -0.2) is 0 Å². The maximum atomic E-state index is 12.2. The van der Waals surface area contributed by atoms with Crippen molar-refractivity contribution in [2.24, 2.45) is 4.99 Å². The van der Waals surface area contributed by atoms with Crippen LogP contribution < -0.4 is 10.6 Å². The summed E-state index contributed by atoms with van der Waals surface area (Å²) in [6.07, 6.45) is 5.44. The standard InChI is InChI=1S/C17H35N5O/c1-5-7-11-19-17(18-6-2)20-12-9-14-22-13-8-10-15(22)16(23)21(3)4/h15H,5-14H2,1-4H3,(H2,18,19,20). The first-order valence-corrected chi connectivity index (χ1v) is 9.07. The topological polar surface area (TPSA) is 60.0 Å². The highest BCUT2D eigenvalue weighted by molar-refractivity contribution is 5.81. The predicted octanol–water partition coefficient (Wildman–Crippen LogP) is 1.28. The molecule has 0 radical (unpaired) electrons. The van der Waals surface area contributed by atoms with Crippen molar-refractivity contribution in [1.82, 2.24) is 20.4 Å². The number of nitrogens with one attached hydrogen (secondary N) is 2. The number of unbranched alkanes of at least 4 members (excludes halogenated alkanes) is 1. The van der Waals surface area contributed by atoms with Crippen molar-refractivity contribution in [3.05, 3.63) is 0 Å². The van der Waals surface area contributed by atoms with Gasteiger partial charge in [-0.15, -0.1) is 0 Å². The zero-order chi connectivity index (χ0) is 17.1. The molecule has 0 aromatic rings. The third kappa shape index (κ3) is 7.20. The molecule has 1 heterocycles. The number of carbonyl (C=O) groups is 1. The zero-order valence-corrected chi connectivity index (χ0v) is 15.4. The Morgan fingerprint density at radius 3 is 2.70 bits per heavy atom. The van der Waals surface area contributed by atoms with Crippen LogP contribution in [0.3, 0.4) is 0 Å². The Morgan fingerprint density at radius 1 is 1.26 bits per heavy atom. The van der Waals surface area contributed by atoms with Gasteiger partial charge in [0.2, 0.25) is 5.91 Å². The summed E-state index contributed by atoms with van der Waals surface area (Å²) in [5.74, 6) is 1.14.